The molecule has 1 rings (SSSR count). The van der Waals surface area contributed by atoms with Gasteiger partial charge in [-0.1, -0.05) is 34.6 Å². The highest BCUT2D eigenvalue weighted by Crippen LogP contribution is 2.15. The lowest BCUT2D eigenvalue weighted by Crippen LogP contribution is -2.35. The Morgan fingerprint density at radius 2 is 1.80 bits per heavy atom. The first-order valence-electron chi connectivity index (χ1n) is 7.10. The molecule has 0 aliphatic rings. The SMILES string of the molecule is CC(C)Cn1c(N)c(NCC(C)C(C)C)c(=O)[nH]c1=O. The van der Waals surface area contributed by atoms with E-state index in [-0.39, 0.29) is 17.4 Å². The Bertz CT molecular complexity index is 557. The van der Waals surface area contributed by atoms with E-state index in [0.717, 1.165) is 0 Å². The molecule has 0 fully saturated rings. The lowest BCUT2D eigenvalue weighted by molar-refractivity contribution is 0.439. The summed E-state index contributed by atoms with van der Waals surface area (Å²) in [6.07, 6.45) is 0. The lowest BCUT2D eigenvalue weighted by Gasteiger charge is -2.19. The molecule has 0 amide bonds. The Morgan fingerprint density at radius 1 is 1.20 bits per heavy atom. The number of rotatable bonds is 6. The summed E-state index contributed by atoms with van der Waals surface area (Å²) in [5.41, 5.74) is 5.36. The van der Waals surface area contributed by atoms with Crippen LogP contribution in [-0.4, -0.2) is 16.1 Å². The molecule has 0 aliphatic carbocycles. The fourth-order valence-corrected chi connectivity index (χ4v) is 1.80. The maximum absolute atomic E-state index is 11.9. The number of nitrogens with two attached hydrogens (primary N) is 1. The quantitative estimate of drug-likeness (QED) is 0.736. The van der Waals surface area contributed by atoms with Crippen LogP contribution in [0.2, 0.25) is 0 Å². The molecule has 1 aromatic rings. The molecule has 0 aromatic carbocycles. The Morgan fingerprint density at radius 3 is 2.30 bits per heavy atom. The van der Waals surface area contributed by atoms with Gasteiger partial charge in [-0.3, -0.25) is 14.3 Å². The first kappa shape index (κ1) is 16.3. The molecular weight excluding hydrogens is 256 g/mol. The average Bonchev–Trinajstić information content (AvgIpc) is 2.33. The van der Waals surface area contributed by atoms with Crippen LogP contribution in [0.4, 0.5) is 11.5 Å². The van der Waals surface area contributed by atoms with Crippen LogP contribution in [0, 0.1) is 17.8 Å². The molecule has 0 bridgehead atoms. The van der Waals surface area contributed by atoms with Gasteiger partial charge >= 0.3 is 5.69 Å². The van der Waals surface area contributed by atoms with Gasteiger partial charge in [0.25, 0.3) is 5.56 Å². The Kier molecular flexibility index (Phi) is 5.42. The topological polar surface area (TPSA) is 92.9 Å². The average molecular weight is 282 g/mol. The summed E-state index contributed by atoms with van der Waals surface area (Å²) in [6.45, 7) is 11.5. The van der Waals surface area contributed by atoms with E-state index in [1.807, 2.05) is 13.8 Å². The maximum Gasteiger partial charge on any atom is 0.330 e. The predicted octanol–water partition coefficient (Wildman–Crippen LogP) is 1.48. The molecule has 0 saturated heterocycles. The number of nitrogens with one attached hydrogen (secondary N) is 2. The fourth-order valence-electron chi connectivity index (χ4n) is 1.80. The van der Waals surface area contributed by atoms with E-state index in [4.69, 9.17) is 5.73 Å². The Hall–Kier alpha value is -1.72. The van der Waals surface area contributed by atoms with Crippen molar-refractivity contribution in [3.05, 3.63) is 20.8 Å². The normalized spacial score (nSPS) is 12.9. The van der Waals surface area contributed by atoms with Gasteiger partial charge in [0.2, 0.25) is 0 Å². The van der Waals surface area contributed by atoms with Crippen LogP contribution in [0.15, 0.2) is 9.59 Å². The highest BCUT2D eigenvalue weighted by molar-refractivity contribution is 5.60. The van der Waals surface area contributed by atoms with Crippen molar-refractivity contribution in [1.29, 1.82) is 0 Å². The number of aromatic amines is 1. The molecule has 1 unspecified atom stereocenters. The fraction of sp³-hybridized carbons (Fsp3) is 0.714. The molecule has 6 heteroatoms. The summed E-state index contributed by atoms with van der Waals surface area (Å²) in [4.78, 5) is 26.0. The van der Waals surface area contributed by atoms with Gasteiger partial charge in [0, 0.05) is 13.1 Å². The van der Waals surface area contributed by atoms with E-state index in [0.29, 0.717) is 24.9 Å². The van der Waals surface area contributed by atoms with E-state index in [1.54, 1.807) is 0 Å². The largest absolute Gasteiger partial charge is 0.383 e. The molecule has 0 radical (unpaired) electrons. The number of hydrogen-bond acceptors (Lipinski definition) is 4. The summed E-state index contributed by atoms with van der Waals surface area (Å²) in [7, 11) is 0. The van der Waals surface area contributed by atoms with Crippen LogP contribution in [0.3, 0.4) is 0 Å². The van der Waals surface area contributed by atoms with Crippen molar-refractivity contribution in [3.63, 3.8) is 0 Å². The highest BCUT2D eigenvalue weighted by Gasteiger charge is 2.14. The van der Waals surface area contributed by atoms with Crippen molar-refractivity contribution < 1.29 is 0 Å². The molecule has 0 aliphatic heterocycles. The summed E-state index contributed by atoms with van der Waals surface area (Å²) in [6, 6.07) is 0. The van der Waals surface area contributed by atoms with Gasteiger partial charge < -0.3 is 11.1 Å². The standard InChI is InChI=1S/C14H26N4O2/c1-8(2)7-18-12(15)11(13(19)17-14(18)20)16-6-10(5)9(3)4/h8-10,16H,6-7,15H2,1-5H3,(H,17,19,20). The van der Waals surface area contributed by atoms with E-state index in [2.05, 4.69) is 31.1 Å². The second-order valence-corrected chi connectivity index (χ2v) is 6.13. The number of aromatic nitrogens is 2. The number of anilines is 2. The second kappa shape index (κ2) is 6.63. The lowest BCUT2D eigenvalue weighted by atomic mass is 9.98. The van der Waals surface area contributed by atoms with E-state index < -0.39 is 11.2 Å². The summed E-state index contributed by atoms with van der Waals surface area (Å²) in [5, 5.41) is 3.07. The molecule has 4 N–H and O–H groups in total. The summed E-state index contributed by atoms with van der Waals surface area (Å²) < 4.78 is 1.41. The molecular formula is C14H26N4O2. The smallest absolute Gasteiger partial charge is 0.330 e. The van der Waals surface area contributed by atoms with E-state index in [9.17, 15) is 9.59 Å². The first-order valence-corrected chi connectivity index (χ1v) is 7.10. The Labute approximate surface area is 119 Å². The maximum atomic E-state index is 11.9. The minimum atomic E-state index is -0.455. The molecule has 20 heavy (non-hydrogen) atoms. The van der Waals surface area contributed by atoms with Crippen molar-refractivity contribution in [2.45, 2.75) is 41.2 Å². The highest BCUT2D eigenvalue weighted by atomic mass is 16.2. The van der Waals surface area contributed by atoms with Gasteiger partial charge in [-0.2, -0.15) is 0 Å². The number of H-pyrrole nitrogens is 1. The van der Waals surface area contributed by atoms with Crippen LogP contribution in [0.1, 0.15) is 34.6 Å². The molecule has 1 atom stereocenters. The van der Waals surface area contributed by atoms with Crippen molar-refractivity contribution in [1.82, 2.24) is 9.55 Å². The van der Waals surface area contributed by atoms with Gasteiger partial charge in [0.05, 0.1) is 0 Å². The number of nitrogens with zero attached hydrogens (tertiary/aromatic N) is 1. The summed E-state index contributed by atoms with van der Waals surface area (Å²) >= 11 is 0. The predicted molar refractivity (Wildman–Crippen MR) is 83.1 cm³/mol. The van der Waals surface area contributed by atoms with Crippen LogP contribution < -0.4 is 22.3 Å². The monoisotopic (exact) mass is 282 g/mol. The zero-order chi connectivity index (χ0) is 15.4. The zero-order valence-corrected chi connectivity index (χ0v) is 13.0. The van der Waals surface area contributed by atoms with Gasteiger partial charge in [0.1, 0.15) is 11.5 Å². The third-order valence-electron chi connectivity index (χ3n) is 3.53. The van der Waals surface area contributed by atoms with Gasteiger partial charge in [-0.15, -0.1) is 0 Å². The molecule has 1 heterocycles. The van der Waals surface area contributed by atoms with Gasteiger partial charge in [-0.25, -0.2) is 4.79 Å². The third-order valence-corrected chi connectivity index (χ3v) is 3.53. The van der Waals surface area contributed by atoms with Crippen molar-refractivity contribution in [2.24, 2.45) is 17.8 Å². The van der Waals surface area contributed by atoms with Crippen LogP contribution in [-0.2, 0) is 6.54 Å². The van der Waals surface area contributed by atoms with E-state index in [1.165, 1.54) is 4.57 Å². The molecule has 6 nitrogen and oxygen atoms in total. The van der Waals surface area contributed by atoms with Gasteiger partial charge in [-0.05, 0) is 17.8 Å². The second-order valence-electron chi connectivity index (χ2n) is 6.13. The van der Waals surface area contributed by atoms with Gasteiger partial charge in [0.15, 0.2) is 0 Å². The minimum Gasteiger partial charge on any atom is -0.383 e. The van der Waals surface area contributed by atoms with Crippen molar-refractivity contribution in [2.75, 3.05) is 17.6 Å². The van der Waals surface area contributed by atoms with Crippen LogP contribution in [0.5, 0.6) is 0 Å². The van der Waals surface area contributed by atoms with E-state index >= 15 is 0 Å². The third kappa shape index (κ3) is 3.88. The molecule has 0 saturated carbocycles. The zero-order valence-electron chi connectivity index (χ0n) is 13.0. The molecule has 1 aromatic heterocycles. The van der Waals surface area contributed by atoms with Crippen molar-refractivity contribution >= 4 is 11.5 Å². The number of nitrogen functional groups attached to an aromatic ring is 1. The van der Waals surface area contributed by atoms with Crippen LogP contribution >= 0.6 is 0 Å². The first-order chi connectivity index (χ1) is 9.23. The Balaban J connectivity index is 3.08. The van der Waals surface area contributed by atoms with Crippen LogP contribution in [0.25, 0.3) is 0 Å². The molecule has 114 valence electrons. The number of hydrogen-bond donors (Lipinski definition) is 3. The summed E-state index contributed by atoms with van der Waals surface area (Å²) in [5.74, 6) is 1.38. The minimum absolute atomic E-state index is 0.211. The molecule has 0 spiro atoms. The van der Waals surface area contributed by atoms with Crippen molar-refractivity contribution in [3.8, 4) is 0 Å².